The van der Waals surface area contributed by atoms with Gasteiger partial charge in [0.25, 0.3) is 0 Å². The summed E-state index contributed by atoms with van der Waals surface area (Å²) in [4.78, 5) is 21.5. The molecule has 0 atom stereocenters. The van der Waals surface area contributed by atoms with E-state index in [1.54, 1.807) is 18.2 Å². The van der Waals surface area contributed by atoms with Gasteiger partial charge in [-0.25, -0.2) is 9.37 Å². The summed E-state index contributed by atoms with van der Waals surface area (Å²) in [5.41, 5.74) is 9.68. The van der Waals surface area contributed by atoms with Crippen LogP contribution in [-0.4, -0.2) is 34.4 Å². The van der Waals surface area contributed by atoms with Crippen LogP contribution in [0.25, 0.3) is 11.4 Å². The number of aromatic nitrogens is 2. The van der Waals surface area contributed by atoms with Crippen LogP contribution in [0.2, 0.25) is 0 Å². The second-order valence-electron chi connectivity index (χ2n) is 6.88. The van der Waals surface area contributed by atoms with E-state index in [4.69, 9.17) is 15.5 Å². The molecule has 1 aliphatic rings. The Morgan fingerprint density at radius 2 is 2.07 bits per heavy atom. The largest absolute Gasteiger partial charge is 0.494 e. The standard InChI is InChI=1S/C21H21FN4O2/c1-28-19-7-2-13(10-16(19)22)11-26-9-8-17-18(12-26)25-21(24-17)15-5-3-14(4-6-15)20(23)27/h2-7,10H,8-9,11-12H2,1H3,(H2,23,27)(H,24,25). The van der Waals surface area contributed by atoms with Crippen LogP contribution in [0.15, 0.2) is 42.5 Å². The molecule has 1 aromatic heterocycles. The van der Waals surface area contributed by atoms with E-state index in [9.17, 15) is 9.18 Å². The first-order valence-electron chi connectivity index (χ1n) is 9.06. The number of nitrogens with zero attached hydrogens (tertiary/aromatic N) is 2. The number of fused-ring (bicyclic) bond motifs is 1. The highest BCUT2D eigenvalue weighted by Crippen LogP contribution is 2.25. The monoisotopic (exact) mass is 380 g/mol. The van der Waals surface area contributed by atoms with E-state index >= 15 is 0 Å². The lowest BCUT2D eigenvalue weighted by Gasteiger charge is -2.26. The number of amides is 1. The van der Waals surface area contributed by atoms with Gasteiger partial charge in [0.05, 0.1) is 18.5 Å². The van der Waals surface area contributed by atoms with Gasteiger partial charge in [-0.1, -0.05) is 18.2 Å². The molecule has 6 nitrogen and oxygen atoms in total. The first kappa shape index (κ1) is 18.2. The van der Waals surface area contributed by atoms with E-state index in [1.165, 1.54) is 13.2 Å². The SMILES string of the molecule is COc1ccc(CN2CCc3nc(-c4ccc(C(N)=O)cc4)[nH]c3C2)cc1F. The van der Waals surface area contributed by atoms with E-state index in [0.29, 0.717) is 12.1 Å². The third kappa shape index (κ3) is 3.61. The number of ether oxygens (including phenoxy) is 1. The molecule has 0 radical (unpaired) electrons. The highest BCUT2D eigenvalue weighted by atomic mass is 19.1. The summed E-state index contributed by atoms with van der Waals surface area (Å²) in [6.07, 6.45) is 0.823. The normalized spacial score (nSPS) is 13.9. The van der Waals surface area contributed by atoms with Crippen molar-refractivity contribution in [2.45, 2.75) is 19.5 Å². The van der Waals surface area contributed by atoms with Crippen molar-refractivity contribution >= 4 is 5.91 Å². The zero-order valence-corrected chi connectivity index (χ0v) is 15.5. The second-order valence-corrected chi connectivity index (χ2v) is 6.88. The number of imidazole rings is 1. The van der Waals surface area contributed by atoms with Crippen LogP contribution >= 0.6 is 0 Å². The molecule has 28 heavy (non-hydrogen) atoms. The van der Waals surface area contributed by atoms with Gasteiger partial charge in [-0.2, -0.15) is 0 Å². The quantitative estimate of drug-likeness (QED) is 0.713. The Labute approximate surface area is 162 Å². The Morgan fingerprint density at radius 1 is 1.29 bits per heavy atom. The van der Waals surface area contributed by atoms with Gasteiger partial charge in [0.15, 0.2) is 11.6 Å². The van der Waals surface area contributed by atoms with E-state index < -0.39 is 5.91 Å². The molecule has 3 aromatic rings. The number of hydrogen-bond acceptors (Lipinski definition) is 4. The number of methoxy groups -OCH3 is 1. The van der Waals surface area contributed by atoms with Gasteiger partial charge < -0.3 is 15.5 Å². The van der Waals surface area contributed by atoms with E-state index in [-0.39, 0.29) is 11.6 Å². The smallest absolute Gasteiger partial charge is 0.248 e. The minimum absolute atomic E-state index is 0.255. The Hall–Kier alpha value is -3.19. The number of nitrogens with two attached hydrogens (primary N) is 1. The van der Waals surface area contributed by atoms with Crippen LogP contribution in [0.5, 0.6) is 5.75 Å². The maximum Gasteiger partial charge on any atom is 0.248 e. The zero-order chi connectivity index (χ0) is 19.7. The first-order chi connectivity index (χ1) is 13.5. The number of primary amides is 1. The Kier molecular flexibility index (Phi) is 4.83. The lowest BCUT2D eigenvalue weighted by atomic mass is 10.1. The second kappa shape index (κ2) is 7.44. The molecule has 0 unspecified atom stereocenters. The fourth-order valence-electron chi connectivity index (χ4n) is 3.48. The summed E-state index contributed by atoms with van der Waals surface area (Å²) >= 11 is 0. The van der Waals surface area contributed by atoms with Gasteiger partial charge in [0.1, 0.15) is 5.82 Å². The van der Waals surface area contributed by atoms with Crippen molar-refractivity contribution in [1.82, 2.24) is 14.9 Å². The maximum atomic E-state index is 13.9. The topological polar surface area (TPSA) is 84.2 Å². The molecule has 0 saturated carbocycles. The number of carbonyl (C=O) groups excluding carboxylic acids is 1. The fraction of sp³-hybridized carbons (Fsp3) is 0.238. The van der Waals surface area contributed by atoms with Gasteiger partial charge >= 0.3 is 0 Å². The minimum Gasteiger partial charge on any atom is -0.494 e. The van der Waals surface area contributed by atoms with E-state index in [2.05, 4.69) is 9.88 Å². The molecule has 1 aliphatic heterocycles. The molecule has 3 N–H and O–H groups in total. The molecule has 144 valence electrons. The number of rotatable bonds is 5. The summed E-state index contributed by atoms with van der Waals surface area (Å²) in [5.74, 6) is 0.237. The molecule has 7 heteroatoms. The number of aromatic amines is 1. The number of nitrogens with one attached hydrogen (secondary N) is 1. The molecule has 0 fully saturated rings. The molecular formula is C21H21FN4O2. The fourth-order valence-corrected chi connectivity index (χ4v) is 3.48. The lowest BCUT2D eigenvalue weighted by molar-refractivity contribution is 0.100. The van der Waals surface area contributed by atoms with Crippen LogP contribution in [0, 0.1) is 5.82 Å². The van der Waals surface area contributed by atoms with Crippen LogP contribution in [0.3, 0.4) is 0 Å². The summed E-state index contributed by atoms with van der Waals surface area (Å²) in [6.45, 7) is 2.23. The van der Waals surface area contributed by atoms with Gasteiger partial charge in [-0.05, 0) is 29.8 Å². The van der Waals surface area contributed by atoms with Crippen LogP contribution in [0.1, 0.15) is 27.3 Å². The third-order valence-electron chi connectivity index (χ3n) is 4.98. The average Bonchev–Trinajstić information content (AvgIpc) is 3.11. The predicted octanol–water partition coefficient (Wildman–Crippen LogP) is 2.88. The van der Waals surface area contributed by atoms with Gasteiger partial charge in [0, 0.05) is 37.2 Å². The van der Waals surface area contributed by atoms with Crippen molar-refractivity contribution in [2.24, 2.45) is 5.73 Å². The van der Waals surface area contributed by atoms with Crippen LogP contribution < -0.4 is 10.5 Å². The number of benzene rings is 2. The number of H-pyrrole nitrogens is 1. The molecular weight excluding hydrogens is 359 g/mol. The predicted molar refractivity (Wildman–Crippen MR) is 103 cm³/mol. The average molecular weight is 380 g/mol. The molecule has 0 spiro atoms. The number of hydrogen-bond donors (Lipinski definition) is 2. The Morgan fingerprint density at radius 3 is 2.75 bits per heavy atom. The van der Waals surface area contributed by atoms with Gasteiger partial charge in [-0.3, -0.25) is 9.69 Å². The van der Waals surface area contributed by atoms with Gasteiger partial charge in [-0.15, -0.1) is 0 Å². The molecule has 1 amide bonds. The van der Waals surface area contributed by atoms with Crippen molar-refractivity contribution in [1.29, 1.82) is 0 Å². The summed E-state index contributed by atoms with van der Waals surface area (Å²) in [7, 11) is 1.46. The molecule has 0 saturated heterocycles. The molecule has 2 aromatic carbocycles. The summed E-state index contributed by atoms with van der Waals surface area (Å²) in [5, 5.41) is 0. The van der Waals surface area contributed by atoms with Crippen LogP contribution in [-0.2, 0) is 19.5 Å². The van der Waals surface area contributed by atoms with E-state index in [1.807, 2.05) is 18.2 Å². The lowest BCUT2D eigenvalue weighted by Crippen LogP contribution is -2.30. The molecule has 4 rings (SSSR count). The summed E-state index contributed by atoms with van der Waals surface area (Å²) < 4.78 is 18.9. The van der Waals surface area contributed by atoms with Gasteiger partial charge in [0.2, 0.25) is 5.91 Å². The van der Waals surface area contributed by atoms with Crippen molar-refractivity contribution in [3.8, 4) is 17.1 Å². The zero-order valence-electron chi connectivity index (χ0n) is 15.5. The summed E-state index contributed by atoms with van der Waals surface area (Å²) in [6, 6.07) is 12.1. The minimum atomic E-state index is -0.448. The molecule has 0 aliphatic carbocycles. The highest BCUT2D eigenvalue weighted by Gasteiger charge is 2.21. The Bertz CT molecular complexity index is 1010. The molecule has 2 heterocycles. The maximum absolute atomic E-state index is 13.9. The molecule has 0 bridgehead atoms. The van der Waals surface area contributed by atoms with Crippen molar-refractivity contribution in [2.75, 3.05) is 13.7 Å². The van der Waals surface area contributed by atoms with E-state index in [0.717, 1.165) is 47.8 Å². The Balaban J connectivity index is 1.48. The van der Waals surface area contributed by atoms with Crippen molar-refractivity contribution in [3.63, 3.8) is 0 Å². The number of carbonyl (C=O) groups is 1. The van der Waals surface area contributed by atoms with Crippen molar-refractivity contribution in [3.05, 3.63) is 70.8 Å². The third-order valence-corrected chi connectivity index (χ3v) is 4.98. The van der Waals surface area contributed by atoms with Crippen LogP contribution in [0.4, 0.5) is 4.39 Å². The highest BCUT2D eigenvalue weighted by molar-refractivity contribution is 5.93. The number of halogens is 1. The van der Waals surface area contributed by atoms with Crippen molar-refractivity contribution < 1.29 is 13.9 Å². The first-order valence-corrected chi connectivity index (χ1v) is 9.06.